The van der Waals surface area contributed by atoms with Gasteiger partial charge in [-0.3, -0.25) is 0 Å². The van der Waals surface area contributed by atoms with Crippen molar-refractivity contribution in [1.29, 1.82) is 0 Å². The summed E-state index contributed by atoms with van der Waals surface area (Å²) in [6.07, 6.45) is 1.08. The Morgan fingerprint density at radius 1 is 1.31 bits per heavy atom. The third kappa shape index (κ3) is 4.29. The Kier molecular flexibility index (Phi) is 5.43. The summed E-state index contributed by atoms with van der Waals surface area (Å²) >= 11 is 0. The summed E-state index contributed by atoms with van der Waals surface area (Å²) in [7, 11) is 4.11. The highest BCUT2D eigenvalue weighted by atomic mass is 19.1. The SMILES string of the molecule is C[C@@H](NCCCN(C)C)c1ccccc1F. The molecule has 0 bridgehead atoms. The van der Waals surface area contributed by atoms with Gasteiger partial charge in [-0.25, -0.2) is 4.39 Å². The van der Waals surface area contributed by atoms with Gasteiger partial charge in [0.2, 0.25) is 0 Å². The first-order valence-corrected chi connectivity index (χ1v) is 5.74. The van der Waals surface area contributed by atoms with E-state index in [9.17, 15) is 4.39 Å². The van der Waals surface area contributed by atoms with Crippen molar-refractivity contribution in [3.05, 3.63) is 35.6 Å². The van der Waals surface area contributed by atoms with E-state index in [4.69, 9.17) is 0 Å². The summed E-state index contributed by atoms with van der Waals surface area (Å²) in [5.41, 5.74) is 0.743. The number of rotatable bonds is 6. The second kappa shape index (κ2) is 6.61. The first-order chi connectivity index (χ1) is 7.61. The van der Waals surface area contributed by atoms with E-state index >= 15 is 0 Å². The summed E-state index contributed by atoms with van der Waals surface area (Å²) in [5, 5.41) is 3.33. The molecule has 0 radical (unpaired) electrons. The minimum absolute atomic E-state index is 0.0726. The van der Waals surface area contributed by atoms with Gasteiger partial charge in [-0.15, -0.1) is 0 Å². The minimum atomic E-state index is -0.130. The van der Waals surface area contributed by atoms with Gasteiger partial charge in [-0.1, -0.05) is 18.2 Å². The number of nitrogens with zero attached hydrogens (tertiary/aromatic N) is 1. The van der Waals surface area contributed by atoms with Gasteiger partial charge in [0.05, 0.1) is 0 Å². The van der Waals surface area contributed by atoms with Crippen molar-refractivity contribution in [2.45, 2.75) is 19.4 Å². The van der Waals surface area contributed by atoms with Crippen molar-refractivity contribution in [2.75, 3.05) is 27.2 Å². The summed E-state index contributed by atoms with van der Waals surface area (Å²) < 4.78 is 13.4. The zero-order valence-corrected chi connectivity index (χ0v) is 10.3. The smallest absolute Gasteiger partial charge is 0.127 e. The van der Waals surface area contributed by atoms with Gasteiger partial charge in [0.15, 0.2) is 0 Å². The fourth-order valence-electron chi connectivity index (χ4n) is 1.65. The molecular weight excluding hydrogens is 203 g/mol. The monoisotopic (exact) mass is 224 g/mol. The molecule has 0 aromatic heterocycles. The topological polar surface area (TPSA) is 15.3 Å². The fraction of sp³-hybridized carbons (Fsp3) is 0.538. The lowest BCUT2D eigenvalue weighted by molar-refractivity contribution is 0.388. The largest absolute Gasteiger partial charge is 0.310 e. The molecule has 16 heavy (non-hydrogen) atoms. The van der Waals surface area contributed by atoms with Gasteiger partial charge < -0.3 is 10.2 Å². The quantitative estimate of drug-likeness (QED) is 0.747. The number of hydrogen-bond acceptors (Lipinski definition) is 2. The van der Waals surface area contributed by atoms with Crippen molar-refractivity contribution < 1.29 is 4.39 Å². The first-order valence-electron chi connectivity index (χ1n) is 5.74. The molecule has 3 heteroatoms. The maximum absolute atomic E-state index is 13.4. The Bertz CT molecular complexity index is 313. The van der Waals surface area contributed by atoms with E-state index in [0.717, 1.165) is 25.1 Å². The van der Waals surface area contributed by atoms with Crippen LogP contribution in [-0.2, 0) is 0 Å². The van der Waals surface area contributed by atoms with E-state index in [-0.39, 0.29) is 11.9 Å². The summed E-state index contributed by atoms with van der Waals surface area (Å²) in [5.74, 6) is -0.130. The highest BCUT2D eigenvalue weighted by Gasteiger charge is 2.08. The van der Waals surface area contributed by atoms with Crippen LogP contribution in [0.4, 0.5) is 4.39 Å². The lowest BCUT2D eigenvalue weighted by atomic mass is 10.1. The molecule has 90 valence electrons. The Morgan fingerprint density at radius 3 is 2.62 bits per heavy atom. The molecule has 1 N–H and O–H groups in total. The van der Waals surface area contributed by atoms with Crippen molar-refractivity contribution in [3.63, 3.8) is 0 Å². The predicted octanol–water partition coefficient (Wildman–Crippen LogP) is 2.43. The Balaban J connectivity index is 2.35. The number of nitrogens with one attached hydrogen (secondary N) is 1. The van der Waals surface area contributed by atoms with Crippen LogP contribution in [-0.4, -0.2) is 32.1 Å². The number of hydrogen-bond donors (Lipinski definition) is 1. The highest BCUT2D eigenvalue weighted by molar-refractivity contribution is 5.20. The molecule has 0 heterocycles. The average molecular weight is 224 g/mol. The average Bonchev–Trinajstić information content (AvgIpc) is 2.24. The summed E-state index contributed by atoms with van der Waals surface area (Å²) in [6.45, 7) is 3.96. The van der Waals surface area contributed by atoms with Crippen LogP contribution < -0.4 is 5.32 Å². The standard InChI is InChI=1S/C13H21FN2/c1-11(15-9-6-10-16(2)3)12-7-4-5-8-13(12)14/h4-5,7-8,11,15H,6,9-10H2,1-3H3/t11-/m1/s1. The fourth-order valence-corrected chi connectivity index (χ4v) is 1.65. The van der Waals surface area contributed by atoms with Gasteiger partial charge in [0.1, 0.15) is 5.82 Å². The van der Waals surface area contributed by atoms with Crippen molar-refractivity contribution in [2.24, 2.45) is 0 Å². The summed E-state index contributed by atoms with van der Waals surface area (Å²) in [4.78, 5) is 2.15. The van der Waals surface area contributed by atoms with Crippen LogP contribution >= 0.6 is 0 Å². The molecule has 0 unspecified atom stereocenters. The third-order valence-electron chi connectivity index (χ3n) is 2.60. The van der Waals surface area contributed by atoms with Gasteiger partial charge >= 0.3 is 0 Å². The second-order valence-corrected chi connectivity index (χ2v) is 4.35. The summed E-state index contributed by atoms with van der Waals surface area (Å²) in [6, 6.07) is 7.00. The van der Waals surface area contributed by atoms with Crippen LogP contribution in [0.15, 0.2) is 24.3 Å². The molecule has 0 aliphatic heterocycles. The number of benzene rings is 1. The van der Waals surface area contributed by atoms with Gasteiger partial charge in [0, 0.05) is 11.6 Å². The van der Waals surface area contributed by atoms with Crippen LogP contribution in [0.1, 0.15) is 24.9 Å². The molecule has 0 amide bonds. The molecule has 0 saturated carbocycles. The number of halogens is 1. The van der Waals surface area contributed by atoms with Crippen molar-refractivity contribution in [1.82, 2.24) is 10.2 Å². The Hall–Kier alpha value is -0.930. The maximum Gasteiger partial charge on any atom is 0.127 e. The lowest BCUT2D eigenvalue weighted by Gasteiger charge is -2.16. The minimum Gasteiger partial charge on any atom is -0.310 e. The molecule has 1 atom stereocenters. The molecule has 1 aromatic rings. The van der Waals surface area contributed by atoms with Gasteiger partial charge in [0.25, 0.3) is 0 Å². The molecule has 0 spiro atoms. The van der Waals surface area contributed by atoms with Crippen LogP contribution in [0.5, 0.6) is 0 Å². The van der Waals surface area contributed by atoms with E-state index in [0.29, 0.717) is 0 Å². The van der Waals surface area contributed by atoms with E-state index in [1.54, 1.807) is 6.07 Å². The van der Waals surface area contributed by atoms with Crippen molar-refractivity contribution in [3.8, 4) is 0 Å². The van der Waals surface area contributed by atoms with Gasteiger partial charge in [-0.2, -0.15) is 0 Å². The van der Waals surface area contributed by atoms with Crippen molar-refractivity contribution >= 4 is 0 Å². The normalized spacial score (nSPS) is 13.1. The Labute approximate surface area is 97.5 Å². The Morgan fingerprint density at radius 2 is 2.00 bits per heavy atom. The van der Waals surface area contributed by atoms with Gasteiger partial charge in [-0.05, 0) is 46.6 Å². The second-order valence-electron chi connectivity index (χ2n) is 4.35. The molecule has 0 aliphatic carbocycles. The van der Waals surface area contributed by atoms with E-state index in [1.807, 2.05) is 19.1 Å². The molecule has 2 nitrogen and oxygen atoms in total. The van der Waals surface area contributed by atoms with Crippen LogP contribution in [0.2, 0.25) is 0 Å². The van der Waals surface area contributed by atoms with Crippen LogP contribution in [0.3, 0.4) is 0 Å². The van der Waals surface area contributed by atoms with E-state index in [2.05, 4.69) is 24.3 Å². The molecule has 0 aliphatic rings. The zero-order valence-electron chi connectivity index (χ0n) is 10.3. The third-order valence-corrected chi connectivity index (χ3v) is 2.60. The zero-order chi connectivity index (χ0) is 12.0. The maximum atomic E-state index is 13.4. The highest BCUT2D eigenvalue weighted by Crippen LogP contribution is 2.15. The first kappa shape index (κ1) is 13.1. The lowest BCUT2D eigenvalue weighted by Crippen LogP contribution is -2.24. The molecule has 1 aromatic carbocycles. The molecule has 0 saturated heterocycles. The molecule has 0 fully saturated rings. The molecule has 1 rings (SSSR count). The van der Waals surface area contributed by atoms with E-state index < -0.39 is 0 Å². The van der Waals surface area contributed by atoms with E-state index in [1.165, 1.54) is 6.07 Å². The van der Waals surface area contributed by atoms with Crippen LogP contribution in [0, 0.1) is 5.82 Å². The predicted molar refractivity (Wildman–Crippen MR) is 66.0 cm³/mol. The molecular formula is C13H21FN2. The van der Waals surface area contributed by atoms with Crippen LogP contribution in [0.25, 0.3) is 0 Å².